The summed E-state index contributed by atoms with van der Waals surface area (Å²) in [5.74, 6) is 6.92. The first-order chi connectivity index (χ1) is 11.3. The summed E-state index contributed by atoms with van der Waals surface area (Å²) in [5.41, 5.74) is 1.00. The fraction of sp³-hybridized carbons (Fsp3) is 0.579. The van der Waals surface area contributed by atoms with E-state index in [9.17, 15) is 8.42 Å². The number of aliphatic hydroxyl groups is 1. The first-order valence-electron chi connectivity index (χ1n) is 8.57. The van der Waals surface area contributed by atoms with Gasteiger partial charge in [0.2, 0.25) is 10.0 Å². The highest BCUT2D eigenvalue weighted by Gasteiger charge is 2.54. The van der Waals surface area contributed by atoms with E-state index in [1.807, 2.05) is 0 Å². The Bertz CT molecular complexity index is 754. The first kappa shape index (κ1) is 17.5. The molecule has 0 spiro atoms. The molecule has 0 saturated heterocycles. The SMILES string of the molecule is CC1(C)C2CCC(NS(=O)(=O)c3ccc(C#CCCO)cc3)C1C2. The summed E-state index contributed by atoms with van der Waals surface area (Å²) in [5, 5.41) is 8.72. The van der Waals surface area contributed by atoms with Gasteiger partial charge in [-0.3, -0.25) is 0 Å². The molecule has 3 atom stereocenters. The lowest BCUT2D eigenvalue weighted by molar-refractivity contribution is -0.0816. The summed E-state index contributed by atoms with van der Waals surface area (Å²) in [6.07, 6.45) is 3.60. The molecule has 0 aliphatic heterocycles. The van der Waals surface area contributed by atoms with Crippen LogP contribution in [0.25, 0.3) is 0 Å². The van der Waals surface area contributed by atoms with Crippen molar-refractivity contribution in [3.8, 4) is 11.8 Å². The van der Waals surface area contributed by atoms with Gasteiger partial charge in [0.1, 0.15) is 0 Å². The molecular weight excluding hydrogens is 322 g/mol. The quantitative estimate of drug-likeness (QED) is 0.823. The Labute approximate surface area is 144 Å². The van der Waals surface area contributed by atoms with Crippen LogP contribution in [0.2, 0.25) is 0 Å². The zero-order chi connectivity index (χ0) is 17.4. The number of rotatable bonds is 4. The molecule has 24 heavy (non-hydrogen) atoms. The van der Waals surface area contributed by atoms with E-state index in [1.165, 1.54) is 0 Å². The summed E-state index contributed by atoms with van der Waals surface area (Å²) >= 11 is 0. The fourth-order valence-electron chi connectivity index (χ4n) is 4.16. The number of aliphatic hydroxyl groups excluding tert-OH is 1. The molecule has 0 amide bonds. The van der Waals surface area contributed by atoms with E-state index in [-0.39, 0.29) is 23.0 Å². The third-order valence-electron chi connectivity index (χ3n) is 5.80. The van der Waals surface area contributed by atoms with Gasteiger partial charge in [0.15, 0.2) is 0 Å². The van der Waals surface area contributed by atoms with Crippen molar-refractivity contribution in [3.05, 3.63) is 29.8 Å². The Kier molecular flexibility index (Phi) is 4.74. The number of fused-ring (bicyclic) bond motifs is 2. The van der Waals surface area contributed by atoms with Gasteiger partial charge in [-0.15, -0.1) is 0 Å². The highest BCUT2D eigenvalue weighted by atomic mass is 32.2. The van der Waals surface area contributed by atoms with Gasteiger partial charge >= 0.3 is 0 Å². The van der Waals surface area contributed by atoms with Crippen molar-refractivity contribution >= 4 is 10.0 Å². The predicted octanol–water partition coefficient (Wildman–Crippen LogP) is 2.52. The minimum Gasteiger partial charge on any atom is -0.395 e. The third-order valence-corrected chi connectivity index (χ3v) is 7.30. The Morgan fingerprint density at radius 2 is 1.96 bits per heavy atom. The van der Waals surface area contributed by atoms with Crippen molar-refractivity contribution in [2.45, 2.75) is 50.5 Å². The molecule has 4 rings (SSSR count). The van der Waals surface area contributed by atoms with Crippen molar-refractivity contribution in [2.24, 2.45) is 17.3 Å². The Morgan fingerprint density at radius 1 is 1.25 bits per heavy atom. The summed E-state index contributed by atoms with van der Waals surface area (Å²) < 4.78 is 28.3. The van der Waals surface area contributed by atoms with Crippen LogP contribution < -0.4 is 4.72 Å². The highest BCUT2D eigenvalue weighted by molar-refractivity contribution is 7.89. The Balaban J connectivity index is 1.71. The van der Waals surface area contributed by atoms with Gasteiger partial charge in [0.05, 0.1) is 11.5 Å². The summed E-state index contributed by atoms with van der Waals surface area (Å²) in [6, 6.07) is 6.66. The minimum atomic E-state index is -3.50. The lowest BCUT2D eigenvalue weighted by Gasteiger charge is -2.60. The van der Waals surface area contributed by atoms with E-state index in [4.69, 9.17) is 5.11 Å². The summed E-state index contributed by atoms with van der Waals surface area (Å²) in [7, 11) is -3.50. The number of sulfonamides is 1. The number of hydrogen-bond donors (Lipinski definition) is 2. The maximum absolute atomic E-state index is 12.7. The van der Waals surface area contributed by atoms with Crippen LogP contribution in [0.1, 0.15) is 45.1 Å². The average molecular weight is 347 g/mol. The van der Waals surface area contributed by atoms with Crippen LogP contribution in [0.3, 0.4) is 0 Å². The molecular formula is C19H25NO3S. The molecule has 2 N–H and O–H groups in total. The smallest absolute Gasteiger partial charge is 0.240 e. The molecule has 4 nitrogen and oxygen atoms in total. The van der Waals surface area contributed by atoms with Crippen molar-refractivity contribution in [1.29, 1.82) is 0 Å². The van der Waals surface area contributed by atoms with E-state index in [0.717, 1.165) is 30.7 Å². The lowest BCUT2D eigenvalue weighted by atomic mass is 9.47. The lowest BCUT2D eigenvalue weighted by Crippen LogP contribution is -2.59. The van der Waals surface area contributed by atoms with Crippen LogP contribution >= 0.6 is 0 Å². The predicted molar refractivity (Wildman–Crippen MR) is 93.7 cm³/mol. The molecule has 3 unspecified atom stereocenters. The molecule has 2 bridgehead atoms. The molecule has 130 valence electrons. The van der Waals surface area contributed by atoms with Gasteiger partial charge < -0.3 is 5.11 Å². The Hall–Kier alpha value is -1.35. The highest BCUT2D eigenvalue weighted by Crippen LogP contribution is 2.59. The summed E-state index contributed by atoms with van der Waals surface area (Å²) in [6.45, 7) is 4.54. The fourth-order valence-corrected chi connectivity index (χ4v) is 5.47. The van der Waals surface area contributed by atoms with Gasteiger partial charge in [-0.2, -0.15) is 0 Å². The van der Waals surface area contributed by atoms with Gasteiger partial charge in [-0.25, -0.2) is 13.1 Å². The number of hydrogen-bond acceptors (Lipinski definition) is 3. The molecule has 0 aromatic heterocycles. The average Bonchev–Trinajstić information content (AvgIpc) is 2.55. The first-order valence-corrected chi connectivity index (χ1v) is 10.0. The van der Waals surface area contributed by atoms with Crippen molar-refractivity contribution < 1.29 is 13.5 Å². The second-order valence-corrected chi connectivity index (χ2v) is 9.18. The molecule has 0 heterocycles. The van der Waals surface area contributed by atoms with Crippen LogP contribution in [-0.2, 0) is 10.0 Å². The standard InChI is InChI=1S/C19H25NO3S/c1-19(2)15-8-11-18(17(19)13-15)20-24(22,23)16-9-6-14(7-10-16)5-3-4-12-21/h6-7,9-10,15,17-18,20-21H,4,8,11-13H2,1-2H3. The van der Waals surface area contributed by atoms with Crippen molar-refractivity contribution in [2.75, 3.05) is 6.61 Å². The summed E-state index contributed by atoms with van der Waals surface area (Å²) in [4.78, 5) is 0.287. The van der Waals surface area contributed by atoms with Crippen LogP contribution in [0, 0.1) is 29.1 Å². The van der Waals surface area contributed by atoms with Gasteiger partial charge in [-0.05, 0) is 60.8 Å². The normalized spacial score (nSPS) is 27.7. The van der Waals surface area contributed by atoms with E-state index in [1.54, 1.807) is 24.3 Å². The van der Waals surface area contributed by atoms with Crippen LogP contribution in [0.4, 0.5) is 0 Å². The van der Waals surface area contributed by atoms with Crippen LogP contribution in [0.5, 0.6) is 0 Å². The number of benzene rings is 1. The molecule has 3 aliphatic carbocycles. The molecule has 5 heteroatoms. The maximum atomic E-state index is 12.7. The zero-order valence-electron chi connectivity index (χ0n) is 14.2. The molecule has 3 saturated carbocycles. The number of nitrogens with one attached hydrogen (secondary N) is 1. The van der Waals surface area contributed by atoms with Gasteiger partial charge in [0.25, 0.3) is 0 Å². The monoisotopic (exact) mass is 347 g/mol. The molecule has 0 radical (unpaired) electrons. The van der Waals surface area contributed by atoms with E-state index < -0.39 is 10.0 Å². The Morgan fingerprint density at radius 3 is 2.54 bits per heavy atom. The van der Waals surface area contributed by atoms with Gasteiger partial charge in [-0.1, -0.05) is 25.7 Å². The topological polar surface area (TPSA) is 66.4 Å². The van der Waals surface area contributed by atoms with Crippen molar-refractivity contribution in [1.82, 2.24) is 4.72 Å². The molecule has 1 aromatic carbocycles. The second kappa shape index (κ2) is 6.51. The molecule has 1 aromatic rings. The van der Waals surface area contributed by atoms with E-state index in [2.05, 4.69) is 30.4 Å². The largest absolute Gasteiger partial charge is 0.395 e. The van der Waals surface area contributed by atoms with Crippen molar-refractivity contribution in [3.63, 3.8) is 0 Å². The van der Waals surface area contributed by atoms with Gasteiger partial charge in [0, 0.05) is 18.0 Å². The van der Waals surface area contributed by atoms with E-state index in [0.29, 0.717) is 12.3 Å². The second-order valence-electron chi connectivity index (χ2n) is 7.47. The molecule has 3 fully saturated rings. The molecule has 3 aliphatic rings. The minimum absolute atomic E-state index is 0.0309. The van der Waals surface area contributed by atoms with Crippen LogP contribution in [-0.4, -0.2) is 26.2 Å². The van der Waals surface area contributed by atoms with E-state index >= 15 is 0 Å². The third kappa shape index (κ3) is 3.23. The maximum Gasteiger partial charge on any atom is 0.240 e. The zero-order valence-corrected chi connectivity index (χ0v) is 15.1. The van der Waals surface area contributed by atoms with Crippen LogP contribution in [0.15, 0.2) is 29.2 Å².